The van der Waals surface area contributed by atoms with Crippen LogP contribution in [-0.4, -0.2) is 35.5 Å². The van der Waals surface area contributed by atoms with Crippen molar-refractivity contribution in [1.29, 1.82) is 0 Å². The first-order valence-electron chi connectivity index (χ1n) is 8.05. The smallest absolute Gasteiger partial charge is 0.254 e. The number of amides is 1. The minimum absolute atomic E-state index is 0.0929. The van der Waals surface area contributed by atoms with E-state index in [1.165, 1.54) is 23.3 Å². The molecule has 1 fully saturated rings. The summed E-state index contributed by atoms with van der Waals surface area (Å²) in [4.78, 5) is 24.7. The van der Waals surface area contributed by atoms with Crippen molar-refractivity contribution in [2.24, 2.45) is 0 Å². The molecule has 1 N–H and O–H groups in total. The van der Waals surface area contributed by atoms with E-state index < -0.39 is 0 Å². The Morgan fingerprint density at radius 1 is 1.35 bits per heavy atom. The van der Waals surface area contributed by atoms with Crippen molar-refractivity contribution >= 4 is 23.2 Å². The van der Waals surface area contributed by atoms with Crippen LogP contribution in [0.1, 0.15) is 39.3 Å². The van der Waals surface area contributed by atoms with Gasteiger partial charge in [0.05, 0.1) is 11.3 Å². The van der Waals surface area contributed by atoms with Crippen LogP contribution in [0.3, 0.4) is 0 Å². The first-order chi connectivity index (χ1) is 11.1. The zero-order valence-electron chi connectivity index (χ0n) is 13.6. The van der Waals surface area contributed by atoms with Crippen LogP contribution in [0.2, 0.25) is 0 Å². The second-order valence-electron chi connectivity index (χ2n) is 5.90. The Kier molecular flexibility index (Phi) is 4.91. The molecule has 1 saturated heterocycles. The highest BCUT2D eigenvalue weighted by Gasteiger charge is 2.17. The van der Waals surface area contributed by atoms with Gasteiger partial charge in [-0.25, -0.2) is 9.97 Å². The van der Waals surface area contributed by atoms with E-state index in [-0.39, 0.29) is 5.91 Å². The fourth-order valence-electron chi connectivity index (χ4n) is 2.79. The zero-order valence-corrected chi connectivity index (χ0v) is 14.4. The van der Waals surface area contributed by atoms with Crippen LogP contribution in [0, 0.1) is 13.8 Å². The fraction of sp³-hybridized carbons (Fsp3) is 0.471. The number of nitrogens with zero attached hydrogens (tertiary/aromatic N) is 3. The third kappa shape index (κ3) is 3.69. The largest absolute Gasteiger partial charge is 0.352 e. The molecule has 2 aromatic rings. The van der Waals surface area contributed by atoms with Crippen molar-refractivity contribution in [2.75, 3.05) is 24.5 Å². The molecule has 0 bridgehead atoms. The molecule has 1 amide bonds. The van der Waals surface area contributed by atoms with Gasteiger partial charge >= 0.3 is 0 Å². The Labute approximate surface area is 140 Å². The number of rotatable bonds is 5. The molecule has 5 nitrogen and oxygen atoms in total. The molecule has 0 aromatic carbocycles. The molecule has 0 unspecified atom stereocenters. The van der Waals surface area contributed by atoms with Gasteiger partial charge in [-0.15, -0.1) is 11.3 Å². The van der Waals surface area contributed by atoms with Crippen molar-refractivity contribution in [3.05, 3.63) is 39.3 Å². The molecule has 0 saturated carbocycles. The van der Waals surface area contributed by atoms with Crippen LogP contribution in [0.4, 0.5) is 5.95 Å². The second-order valence-corrected chi connectivity index (χ2v) is 6.90. The van der Waals surface area contributed by atoms with Crippen LogP contribution in [0.15, 0.2) is 17.6 Å². The van der Waals surface area contributed by atoms with Crippen molar-refractivity contribution in [1.82, 2.24) is 15.3 Å². The van der Waals surface area contributed by atoms with Crippen LogP contribution in [-0.2, 0) is 6.42 Å². The number of carbonyl (C=O) groups excluding carboxylic acids is 1. The Balaban J connectivity index is 1.59. The average Bonchev–Trinajstić information content (AvgIpc) is 3.19. The summed E-state index contributed by atoms with van der Waals surface area (Å²) in [6.45, 7) is 6.62. The number of anilines is 1. The summed E-state index contributed by atoms with van der Waals surface area (Å²) < 4.78 is 0. The summed E-state index contributed by atoms with van der Waals surface area (Å²) in [5.41, 5.74) is 2.60. The predicted molar refractivity (Wildman–Crippen MR) is 93.3 cm³/mol. The Morgan fingerprint density at radius 3 is 2.78 bits per heavy atom. The SMILES string of the molecule is Cc1ccsc1CCNC(=O)c1cnc(N2CCCC2)nc1C. The third-order valence-electron chi connectivity index (χ3n) is 4.21. The standard InChI is InChI=1S/C17H22N4OS/c1-12-6-10-23-15(12)5-7-18-16(22)14-11-19-17(20-13(14)2)21-8-3-4-9-21/h6,10-11H,3-5,7-9H2,1-2H3,(H,18,22). The fourth-order valence-corrected chi connectivity index (χ4v) is 3.70. The molecule has 122 valence electrons. The summed E-state index contributed by atoms with van der Waals surface area (Å²) >= 11 is 1.73. The molecular formula is C17H22N4OS. The maximum absolute atomic E-state index is 12.3. The van der Waals surface area contributed by atoms with E-state index in [1.54, 1.807) is 17.5 Å². The summed E-state index contributed by atoms with van der Waals surface area (Å²) in [5.74, 6) is 0.649. The lowest BCUT2D eigenvalue weighted by Gasteiger charge is -2.16. The van der Waals surface area contributed by atoms with Gasteiger partial charge in [-0.05, 0) is 50.1 Å². The minimum atomic E-state index is -0.0929. The monoisotopic (exact) mass is 330 g/mol. The number of aryl methyl sites for hydroxylation is 2. The highest BCUT2D eigenvalue weighted by Crippen LogP contribution is 2.17. The molecule has 2 aromatic heterocycles. The number of nitrogens with one attached hydrogen (secondary N) is 1. The molecule has 0 spiro atoms. The lowest BCUT2D eigenvalue weighted by molar-refractivity contribution is 0.0953. The Hall–Kier alpha value is -1.95. The van der Waals surface area contributed by atoms with Gasteiger partial charge in [0.25, 0.3) is 5.91 Å². The molecule has 3 heterocycles. The zero-order chi connectivity index (χ0) is 16.2. The maximum atomic E-state index is 12.3. The van der Waals surface area contributed by atoms with E-state index in [4.69, 9.17) is 0 Å². The highest BCUT2D eigenvalue weighted by molar-refractivity contribution is 7.10. The van der Waals surface area contributed by atoms with E-state index in [1.807, 2.05) is 6.92 Å². The topological polar surface area (TPSA) is 58.1 Å². The van der Waals surface area contributed by atoms with Crippen LogP contribution >= 0.6 is 11.3 Å². The molecule has 1 aliphatic heterocycles. The van der Waals surface area contributed by atoms with Gasteiger partial charge in [-0.3, -0.25) is 4.79 Å². The molecule has 3 rings (SSSR count). The Morgan fingerprint density at radius 2 is 2.13 bits per heavy atom. The number of carbonyl (C=O) groups is 1. The van der Waals surface area contributed by atoms with Gasteiger partial charge in [0, 0.05) is 30.7 Å². The lowest BCUT2D eigenvalue weighted by Crippen LogP contribution is -2.28. The highest BCUT2D eigenvalue weighted by atomic mass is 32.1. The van der Waals surface area contributed by atoms with E-state index in [2.05, 4.69) is 38.6 Å². The summed E-state index contributed by atoms with van der Waals surface area (Å²) in [6.07, 6.45) is 4.89. The van der Waals surface area contributed by atoms with E-state index in [0.29, 0.717) is 12.1 Å². The minimum Gasteiger partial charge on any atom is -0.352 e. The first kappa shape index (κ1) is 15.9. The summed E-state index contributed by atoms with van der Waals surface area (Å²) in [5, 5.41) is 5.05. The van der Waals surface area contributed by atoms with Gasteiger partial charge < -0.3 is 10.2 Å². The summed E-state index contributed by atoms with van der Waals surface area (Å²) in [6, 6.07) is 2.11. The number of aromatic nitrogens is 2. The molecule has 0 aliphatic carbocycles. The van der Waals surface area contributed by atoms with Gasteiger partial charge in [0.15, 0.2) is 0 Å². The van der Waals surface area contributed by atoms with E-state index in [9.17, 15) is 4.79 Å². The summed E-state index contributed by atoms with van der Waals surface area (Å²) in [7, 11) is 0. The van der Waals surface area contributed by atoms with Crippen molar-refractivity contribution in [2.45, 2.75) is 33.1 Å². The van der Waals surface area contributed by atoms with Crippen molar-refractivity contribution in [3.8, 4) is 0 Å². The predicted octanol–water partition coefficient (Wildman–Crippen LogP) is 2.73. The maximum Gasteiger partial charge on any atom is 0.254 e. The van der Waals surface area contributed by atoms with Gasteiger partial charge in [0.1, 0.15) is 0 Å². The molecule has 1 aliphatic rings. The molecule has 0 radical (unpaired) electrons. The van der Waals surface area contributed by atoms with Gasteiger partial charge in [0.2, 0.25) is 5.95 Å². The quantitative estimate of drug-likeness (QED) is 0.916. The van der Waals surface area contributed by atoms with Crippen molar-refractivity contribution < 1.29 is 4.79 Å². The van der Waals surface area contributed by atoms with Crippen LogP contribution in [0.25, 0.3) is 0 Å². The van der Waals surface area contributed by atoms with E-state index >= 15 is 0 Å². The second kappa shape index (κ2) is 7.08. The molecular weight excluding hydrogens is 308 g/mol. The van der Waals surface area contributed by atoms with Crippen LogP contribution < -0.4 is 10.2 Å². The third-order valence-corrected chi connectivity index (χ3v) is 5.29. The molecule has 0 atom stereocenters. The first-order valence-corrected chi connectivity index (χ1v) is 8.93. The number of hydrogen-bond donors (Lipinski definition) is 1. The normalized spacial score (nSPS) is 14.3. The molecule has 23 heavy (non-hydrogen) atoms. The number of hydrogen-bond acceptors (Lipinski definition) is 5. The average molecular weight is 330 g/mol. The number of thiophene rings is 1. The van der Waals surface area contributed by atoms with Gasteiger partial charge in [-0.2, -0.15) is 0 Å². The van der Waals surface area contributed by atoms with Gasteiger partial charge in [-0.1, -0.05) is 0 Å². The molecule has 6 heteroatoms. The lowest BCUT2D eigenvalue weighted by atomic mass is 10.2. The van der Waals surface area contributed by atoms with Crippen LogP contribution in [0.5, 0.6) is 0 Å². The van der Waals surface area contributed by atoms with E-state index in [0.717, 1.165) is 31.2 Å². The Bertz CT molecular complexity index is 692. The van der Waals surface area contributed by atoms with Crippen molar-refractivity contribution in [3.63, 3.8) is 0 Å².